The largest absolute Gasteiger partial charge is 0.482 e. The van der Waals surface area contributed by atoms with E-state index in [0.717, 1.165) is 5.56 Å². The van der Waals surface area contributed by atoms with E-state index in [9.17, 15) is 14.3 Å². The molecule has 4 nitrogen and oxygen atoms in total. The van der Waals surface area contributed by atoms with Crippen LogP contribution in [-0.2, 0) is 16.1 Å². The lowest BCUT2D eigenvalue weighted by Crippen LogP contribution is -2.05. The molecule has 0 aliphatic carbocycles. The molecule has 0 aliphatic heterocycles. The Labute approximate surface area is 156 Å². The normalized spacial score (nSPS) is 11.1. The van der Waals surface area contributed by atoms with Crippen LogP contribution in [0.1, 0.15) is 11.1 Å². The van der Waals surface area contributed by atoms with Gasteiger partial charge in [-0.1, -0.05) is 42.5 Å². The number of benzene rings is 3. The summed E-state index contributed by atoms with van der Waals surface area (Å²) < 4.78 is 24.0. The van der Waals surface area contributed by atoms with E-state index in [0.29, 0.717) is 17.1 Å². The molecule has 27 heavy (non-hydrogen) atoms. The standard InChI is InChI=1S/C22H17FO4/c23-18-8-12-20(13-9-18)27-19-10-6-16(7-11-19)14-21(22(24)25)26-15-17-4-2-1-3-5-17/h1-14H,15H2,(H,24,25). The summed E-state index contributed by atoms with van der Waals surface area (Å²) in [5, 5.41) is 9.34. The van der Waals surface area contributed by atoms with Crippen molar-refractivity contribution in [1.29, 1.82) is 0 Å². The van der Waals surface area contributed by atoms with Crippen LogP contribution in [-0.4, -0.2) is 11.1 Å². The molecule has 3 aromatic carbocycles. The Balaban J connectivity index is 1.68. The van der Waals surface area contributed by atoms with Crippen LogP contribution in [0.2, 0.25) is 0 Å². The molecule has 1 N–H and O–H groups in total. The summed E-state index contributed by atoms with van der Waals surface area (Å²) >= 11 is 0. The van der Waals surface area contributed by atoms with E-state index >= 15 is 0 Å². The van der Waals surface area contributed by atoms with E-state index in [1.807, 2.05) is 30.3 Å². The topological polar surface area (TPSA) is 55.8 Å². The van der Waals surface area contributed by atoms with Crippen molar-refractivity contribution >= 4 is 12.0 Å². The lowest BCUT2D eigenvalue weighted by Gasteiger charge is -2.08. The van der Waals surface area contributed by atoms with E-state index < -0.39 is 5.97 Å². The Hall–Kier alpha value is -3.60. The number of hydrogen-bond donors (Lipinski definition) is 1. The van der Waals surface area contributed by atoms with Gasteiger partial charge in [-0.3, -0.25) is 0 Å². The van der Waals surface area contributed by atoms with Crippen molar-refractivity contribution in [3.63, 3.8) is 0 Å². The van der Waals surface area contributed by atoms with Gasteiger partial charge in [-0.05, 0) is 53.6 Å². The van der Waals surface area contributed by atoms with Crippen molar-refractivity contribution in [2.75, 3.05) is 0 Å². The monoisotopic (exact) mass is 364 g/mol. The summed E-state index contributed by atoms with van der Waals surface area (Å²) in [7, 11) is 0. The van der Waals surface area contributed by atoms with Gasteiger partial charge in [0, 0.05) is 0 Å². The summed E-state index contributed by atoms with van der Waals surface area (Å²) in [6.07, 6.45) is 1.45. The van der Waals surface area contributed by atoms with Gasteiger partial charge in [0.2, 0.25) is 5.76 Å². The van der Waals surface area contributed by atoms with Crippen LogP contribution in [0, 0.1) is 5.82 Å². The van der Waals surface area contributed by atoms with Crippen LogP contribution < -0.4 is 4.74 Å². The third-order valence-electron chi connectivity index (χ3n) is 3.68. The van der Waals surface area contributed by atoms with E-state index in [2.05, 4.69) is 0 Å². The minimum absolute atomic E-state index is 0.147. The maximum absolute atomic E-state index is 12.9. The van der Waals surface area contributed by atoms with Crippen LogP contribution in [0.3, 0.4) is 0 Å². The van der Waals surface area contributed by atoms with Crippen molar-refractivity contribution in [3.05, 3.63) is 102 Å². The summed E-state index contributed by atoms with van der Waals surface area (Å²) in [5.41, 5.74) is 1.54. The van der Waals surface area contributed by atoms with Crippen LogP contribution in [0.25, 0.3) is 6.08 Å². The molecule has 0 heterocycles. The SMILES string of the molecule is O=C(O)C(=Cc1ccc(Oc2ccc(F)cc2)cc1)OCc1ccccc1. The second-order valence-electron chi connectivity index (χ2n) is 5.71. The van der Waals surface area contributed by atoms with Gasteiger partial charge in [-0.25, -0.2) is 9.18 Å². The van der Waals surface area contributed by atoms with Gasteiger partial charge >= 0.3 is 5.97 Å². The van der Waals surface area contributed by atoms with Gasteiger partial charge in [0.1, 0.15) is 23.9 Å². The quantitative estimate of drug-likeness (QED) is 0.459. The molecular weight excluding hydrogens is 347 g/mol. The molecule has 0 bridgehead atoms. The highest BCUT2D eigenvalue weighted by molar-refractivity contribution is 5.89. The van der Waals surface area contributed by atoms with Crippen LogP contribution in [0.4, 0.5) is 4.39 Å². The molecule has 0 saturated carbocycles. The lowest BCUT2D eigenvalue weighted by molar-refractivity contribution is -0.136. The average molecular weight is 364 g/mol. The van der Waals surface area contributed by atoms with Crippen molar-refractivity contribution in [2.24, 2.45) is 0 Å². The second-order valence-corrected chi connectivity index (χ2v) is 5.71. The first-order valence-corrected chi connectivity index (χ1v) is 8.25. The molecule has 5 heteroatoms. The molecule has 136 valence electrons. The minimum Gasteiger partial charge on any atom is -0.482 e. The molecular formula is C22H17FO4. The zero-order valence-corrected chi connectivity index (χ0v) is 14.3. The van der Waals surface area contributed by atoms with Crippen molar-refractivity contribution in [3.8, 4) is 11.5 Å². The van der Waals surface area contributed by atoms with Crippen LogP contribution in [0.15, 0.2) is 84.6 Å². The molecule has 0 atom stereocenters. The fourth-order valence-corrected chi connectivity index (χ4v) is 2.32. The zero-order chi connectivity index (χ0) is 19.1. The first kappa shape index (κ1) is 18.2. The highest BCUT2D eigenvalue weighted by atomic mass is 19.1. The Morgan fingerprint density at radius 1 is 0.889 bits per heavy atom. The third-order valence-corrected chi connectivity index (χ3v) is 3.68. The molecule has 0 unspecified atom stereocenters. The fraction of sp³-hybridized carbons (Fsp3) is 0.0455. The summed E-state index contributed by atoms with van der Waals surface area (Å²) in [6, 6.07) is 21.9. The number of rotatable bonds is 7. The maximum atomic E-state index is 12.9. The Morgan fingerprint density at radius 3 is 2.07 bits per heavy atom. The molecule has 0 saturated heterocycles. The summed E-state index contributed by atoms with van der Waals surface area (Å²) in [5.74, 6) is -0.555. The van der Waals surface area contributed by atoms with E-state index in [1.54, 1.807) is 24.3 Å². The van der Waals surface area contributed by atoms with Gasteiger partial charge < -0.3 is 14.6 Å². The lowest BCUT2D eigenvalue weighted by atomic mass is 10.2. The molecule has 0 fully saturated rings. The second kappa shape index (κ2) is 8.67. The Bertz CT molecular complexity index is 917. The van der Waals surface area contributed by atoms with Crippen LogP contribution in [0.5, 0.6) is 11.5 Å². The minimum atomic E-state index is -1.14. The predicted molar refractivity (Wildman–Crippen MR) is 99.8 cm³/mol. The highest BCUT2D eigenvalue weighted by Crippen LogP contribution is 2.22. The number of halogens is 1. The zero-order valence-electron chi connectivity index (χ0n) is 14.3. The van der Waals surface area contributed by atoms with Gasteiger partial charge in [0.25, 0.3) is 0 Å². The first-order chi connectivity index (χ1) is 13.1. The molecule has 0 aromatic heterocycles. The number of carboxylic acid groups (broad SMARTS) is 1. The average Bonchev–Trinajstić information content (AvgIpc) is 2.69. The van der Waals surface area contributed by atoms with Gasteiger partial charge in [0.15, 0.2) is 0 Å². The summed E-state index contributed by atoms with van der Waals surface area (Å²) in [6.45, 7) is 0.171. The molecule has 0 spiro atoms. The van der Waals surface area contributed by atoms with Crippen molar-refractivity contribution < 1.29 is 23.8 Å². The van der Waals surface area contributed by atoms with Crippen molar-refractivity contribution in [1.82, 2.24) is 0 Å². The number of ether oxygens (including phenoxy) is 2. The number of carboxylic acids is 1. The Morgan fingerprint density at radius 2 is 1.48 bits per heavy atom. The maximum Gasteiger partial charge on any atom is 0.371 e. The molecule has 0 amide bonds. The number of aliphatic carboxylic acids is 1. The molecule has 3 rings (SSSR count). The first-order valence-electron chi connectivity index (χ1n) is 8.25. The third kappa shape index (κ3) is 5.44. The number of hydrogen-bond acceptors (Lipinski definition) is 3. The van der Waals surface area contributed by atoms with E-state index in [4.69, 9.17) is 9.47 Å². The van der Waals surface area contributed by atoms with E-state index in [1.165, 1.54) is 30.3 Å². The predicted octanol–water partition coefficient (Wildman–Crippen LogP) is 5.26. The van der Waals surface area contributed by atoms with Gasteiger partial charge in [-0.15, -0.1) is 0 Å². The van der Waals surface area contributed by atoms with E-state index in [-0.39, 0.29) is 18.2 Å². The molecule has 0 radical (unpaired) electrons. The highest BCUT2D eigenvalue weighted by Gasteiger charge is 2.09. The fourth-order valence-electron chi connectivity index (χ4n) is 2.32. The van der Waals surface area contributed by atoms with Gasteiger partial charge in [0.05, 0.1) is 0 Å². The summed E-state index contributed by atoms with van der Waals surface area (Å²) in [4.78, 5) is 11.4. The molecule has 0 aliphatic rings. The Kier molecular flexibility index (Phi) is 5.84. The van der Waals surface area contributed by atoms with Gasteiger partial charge in [-0.2, -0.15) is 0 Å². The molecule has 3 aromatic rings. The van der Waals surface area contributed by atoms with Crippen molar-refractivity contribution in [2.45, 2.75) is 6.61 Å². The number of carbonyl (C=O) groups is 1. The smallest absolute Gasteiger partial charge is 0.371 e. The van der Waals surface area contributed by atoms with Crippen LogP contribution >= 0.6 is 0 Å².